The number of fused-ring (bicyclic) bond motifs is 6. The van der Waals surface area contributed by atoms with Crippen LogP contribution in [0.2, 0.25) is 0 Å². The molecule has 0 aromatic heterocycles. The molecule has 0 radical (unpaired) electrons. The van der Waals surface area contributed by atoms with Crippen LogP contribution in [0.1, 0.15) is 12.0 Å². The maximum Gasteiger partial charge on any atom is 0.416 e. The number of nitrogens with zero attached hydrogens (tertiary/aromatic N) is 3. The Morgan fingerprint density at radius 1 is 0.971 bits per heavy atom. The van der Waals surface area contributed by atoms with E-state index in [1.165, 1.54) is 21.9 Å². The topological polar surface area (TPSA) is 73.0 Å². The highest BCUT2D eigenvalue weighted by Crippen LogP contribution is 2.43. The monoisotopic (exact) mass is 480 g/mol. The van der Waals surface area contributed by atoms with Gasteiger partial charge in [-0.3, -0.25) is 4.79 Å². The molecule has 10 heteroatoms. The van der Waals surface area contributed by atoms with Crippen LogP contribution in [0.15, 0.2) is 66.7 Å². The minimum Gasteiger partial charge on any atom is -0.317 e. The Bertz CT molecular complexity index is 1390. The number of benzene rings is 3. The number of anilines is 2. The van der Waals surface area contributed by atoms with Crippen LogP contribution >= 0.6 is 0 Å². The second-order valence-corrected chi connectivity index (χ2v) is 8.92. The van der Waals surface area contributed by atoms with Crippen LogP contribution in [-0.2, 0) is 11.0 Å². The van der Waals surface area contributed by atoms with E-state index in [1.54, 1.807) is 17.0 Å². The van der Waals surface area contributed by atoms with Gasteiger partial charge >= 0.3 is 18.2 Å². The first-order valence-electron chi connectivity index (χ1n) is 11.1. The highest BCUT2D eigenvalue weighted by molar-refractivity contribution is 6.25. The molecular weight excluding hydrogens is 461 g/mol. The van der Waals surface area contributed by atoms with E-state index in [2.05, 4.69) is 5.32 Å². The van der Waals surface area contributed by atoms with Gasteiger partial charge in [-0.25, -0.2) is 14.5 Å². The fraction of sp³-hybridized carbons (Fsp3) is 0.240. The summed E-state index contributed by atoms with van der Waals surface area (Å²) in [7, 11) is 0. The summed E-state index contributed by atoms with van der Waals surface area (Å²) in [4.78, 5) is 44.0. The number of amides is 5. The number of hydrogen-bond acceptors (Lipinski definition) is 3. The quantitative estimate of drug-likeness (QED) is 0.542. The van der Waals surface area contributed by atoms with Crippen LogP contribution in [0.3, 0.4) is 0 Å². The van der Waals surface area contributed by atoms with Crippen molar-refractivity contribution in [1.29, 1.82) is 0 Å². The molecule has 6 rings (SSSR count). The number of carbonyl (C=O) groups excluding carboxylic acids is 3. The average molecular weight is 480 g/mol. The second-order valence-electron chi connectivity index (χ2n) is 8.92. The van der Waals surface area contributed by atoms with Gasteiger partial charge < -0.3 is 15.1 Å². The molecule has 0 spiro atoms. The smallest absolute Gasteiger partial charge is 0.317 e. The molecule has 3 aliphatic rings. The fourth-order valence-corrected chi connectivity index (χ4v) is 5.48. The van der Waals surface area contributed by atoms with Gasteiger partial charge in [0.15, 0.2) is 0 Å². The third-order valence-electron chi connectivity index (χ3n) is 6.97. The first-order chi connectivity index (χ1) is 16.7. The number of nitrogens with one attached hydrogen (secondary N) is 1. The van der Waals surface area contributed by atoms with Gasteiger partial charge in [-0.05, 0) is 36.1 Å². The predicted octanol–water partition coefficient (Wildman–Crippen LogP) is 4.68. The summed E-state index contributed by atoms with van der Waals surface area (Å²) >= 11 is 0. The third kappa shape index (κ3) is 3.23. The molecule has 3 atom stereocenters. The Hall–Kier alpha value is -4.08. The van der Waals surface area contributed by atoms with E-state index >= 15 is 0 Å². The van der Waals surface area contributed by atoms with Gasteiger partial charge in [-0.1, -0.05) is 42.5 Å². The largest absolute Gasteiger partial charge is 0.416 e. The summed E-state index contributed by atoms with van der Waals surface area (Å²) in [6.45, 7) is 0.203. The SMILES string of the molecule is O=C1[C@@H]2C3C[C@H](CN3C(=O)Nc3cccc(C(F)(F)F)c3)N2C(=O)N1c1cccc2ccccc12. The van der Waals surface area contributed by atoms with Crippen molar-refractivity contribution in [1.82, 2.24) is 9.80 Å². The molecule has 5 amide bonds. The Morgan fingerprint density at radius 3 is 2.51 bits per heavy atom. The van der Waals surface area contributed by atoms with Crippen LogP contribution in [0.25, 0.3) is 10.8 Å². The summed E-state index contributed by atoms with van der Waals surface area (Å²) < 4.78 is 39.1. The number of rotatable bonds is 2. The molecule has 3 aliphatic heterocycles. The van der Waals surface area contributed by atoms with Crippen LogP contribution < -0.4 is 10.2 Å². The number of alkyl halides is 3. The van der Waals surface area contributed by atoms with Crippen molar-refractivity contribution in [3.05, 3.63) is 72.3 Å². The molecule has 3 aromatic rings. The molecule has 1 unspecified atom stereocenters. The van der Waals surface area contributed by atoms with Crippen LogP contribution in [-0.4, -0.2) is 52.4 Å². The van der Waals surface area contributed by atoms with Crippen LogP contribution in [0, 0.1) is 0 Å². The van der Waals surface area contributed by atoms with Gasteiger partial charge in [0.25, 0.3) is 5.91 Å². The zero-order valence-corrected chi connectivity index (χ0v) is 18.2. The van der Waals surface area contributed by atoms with Gasteiger partial charge in [-0.15, -0.1) is 0 Å². The molecular formula is C25H19F3N4O3. The van der Waals surface area contributed by atoms with Crippen molar-refractivity contribution in [2.24, 2.45) is 0 Å². The minimum atomic E-state index is -4.53. The summed E-state index contributed by atoms with van der Waals surface area (Å²) in [5.74, 6) is -0.407. The van der Waals surface area contributed by atoms with Gasteiger partial charge in [0.1, 0.15) is 6.04 Å². The Kier molecular flexibility index (Phi) is 4.57. The zero-order valence-electron chi connectivity index (χ0n) is 18.2. The molecule has 35 heavy (non-hydrogen) atoms. The molecule has 3 heterocycles. The molecule has 7 nitrogen and oxygen atoms in total. The Labute approximate surface area is 197 Å². The lowest BCUT2D eigenvalue weighted by Gasteiger charge is -2.34. The number of likely N-dealkylation sites (tertiary alicyclic amines) is 1. The molecule has 0 aliphatic carbocycles. The first kappa shape index (κ1) is 21.5. The van der Waals surface area contributed by atoms with Crippen molar-refractivity contribution < 1.29 is 27.6 Å². The van der Waals surface area contributed by atoms with Crippen LogP contribution in [0.4, 0.5) is 34.1 Å². The maximum absolute atomic E-state index is 13.5. The molecule has 3 aromatic carbocycles. The van der Waals surface area contributed by atoms with Gasteiger partial charge in [0, 0.05) is 17.6 Å². The van der Waals surface area contributed by atoms with Gasteiger partial charge in [0.05, 0.1) is 23.3 Å². The van der Waals surface area contributed by atoms with Crippen molar-refractivity contribution >= 4 is 40.1 Å². The highest BCUT2D eigenvalue weighted by atomic mass is 19.4. The molecule has 0 saturated carbocycles. The minimum absolute atomic E-state index is 0.00987. The van der Waals surface area contributed by atoms with E-state index in [-0.39, 0.29) is 18.3 Å². The fourth-order valence-electron chi connectivity index (χ4n) is 5.48. The van der Waals surface area contributed by atoms with Crippen molar-refractivity contribution in [2.75, 3.05) is 16.8 Å². The number of urea groups is 2. The highest BCUT2D eigenvalue weighted by Gasteiger charge is 2.63. The van der Waals surface area contributed by atoms with E-state index < -0.39 is 41.8 Å². The van der Waals surface area contributed by atoms with Gasteiger partial charge in [0.2, 0.25) is 0 Å². The lowest BCUT2D eigenvalue weighted by atomic mass is 10.1. The van der Waals surface area contributed by atoms with Crippen molar-refractivity contribution in [3.63, 3.8) is 0 Å². The van der Waals surface area contributed by atoms with Crippen LogP contribution in [0.5, 0.6) is 0 Å². The second kappa shape index (κ2) is 7.46. The standard InChI is InChI=1S/C25H19F3N4O3/c26-25(27,28)15-7-4-8-16(11-15)29-23(34)30-13-17-12-20(30)21-22(33)32(24(35)31(17)21)19-10-3-6-14-5-1-2-9-18(14)19/h1-11,17,20-21H,12-13H2,(H,29,34)/t17-,20?,21+/m1/s1. The Morgan fingerprint density at radius 2 is 1.71 bits per heavy atom. The van der Waals surface area contributed by atoms with E-state index in [0.29, 0.717) is 12.1 Å². The number of halogens is 3. The van der Waals surface area contributed by atoms with Crippen molar-refractivity contribution in [2.45, 2.75) is 30.7 Å². The maximum atomic E-state index is 13.5. The number of hydrogen-bond donors (Lipinski definition) is 1. The summed E-state index contributed by atoms with van der Waals surface area (Å²) in [6, 6.07) is 14.5. The predicted molar refractivity (Wildman–Crippen MR) is 122 cm³/mol. The number of imide groups is 1. The summed E-state index contributed by atoms with van der Waals surface area (Å²) in [5.41, 5.74) is -0.366. The van der Waals surface area contributed by atoms with E-state index in [0.717, 1.165) is 22.9 Å². The average Bonchev–Trinajstić information content (AvgIpc) is 3.50. The molecule has 178 valence electrons. The summed E-state index contributed by atoms with van der Waals surface area (Å²) in [6.07, 6.45) is -4.09. The number of piperazine rings is 1. The van der Waals surface area contributed by atoms with E-state index in [1.807, 2.05) is 30.3 Å². The number of carbonyl (C=O) groups is 3. The third-order valence-corrected chi connectivity index (χ3v) is 6.97. The lowest BCUT2D eigenvalue weighted by molar-refractivity contribution is -0.137. The molecule has 3 saturated heterocycles. The molecule has 2 bridgehead atoms. The summed E-state index contributed by atoms with van der Waals surface area (Å²) in [5, 5.41) is 4.17. The first-order valence-corrected chi connectivity index (χ1v) is 11.1. The molecule has 1 N–H and O–H groups in total. The van der Waals surface area contributed by atoms with Crippen molar-refractivity contribution in [3.8, 4) is 0 Å². The van der Waals surface area contributed by atoms with E-state index in [4.69, 9.17) is 0 Å². The Balaban J connectivity index is 1.26. The lowest BCUT2D eigenvalue weighted by Crippen LogP contribution is -2.55. The normalized spacial score (nSPS) is 23.4. The van der Waals surface area contributed by atoms with Gasteiger partial charge in [-0.2, -0.15) is 13.2 Å². The van der Waals surface area contributed by atoms with E-state index in [9.17, 15) is 27.6 Å². The zero-order chi connectivity index (χ0) is 24.5. The molecule has 3 fully saturated rings.